The summed E-state index contributed by atoms with van der Waals surface area (Å²) in [6.07, 6.45) is -4.58. The Bertz CT molecular complexity index is 788. The van der Waals surface area contributed by atoms with Crippen LogP contribution in [0.5, 0.6) is 0 Å². The van der Waals surface area contributed by atoms with E-state index in [9.17, 15) is 22.8 Å². The molecule has 2 aromatic carbocycles. The van der Waals surface area contributed by atoms with Crippen molar-refractivity contribution in [2.45, 2.75) is 20.0 Å². The number of carbonyl (C=O) groups excluding carboxylic acids is 2. The smallest absolute Gasteiger partial charge is 0.324 e. The van der Waals surface area contributed by atoms with E-state index in [-0.39, 0.29) is 18.1 Å². The zero-order chi connectivity index (χ0) is 18.6. The van der Waals surface area contributed by atoms with Crippen LogP contribution in [0.25, 0.3) is 0 Å². The SMILES string of the molecule is CC(=O)N(CC(=O)Nc1ccccc1C(F)(F)F)c1ccccc1C. The van der Waals surface area contributed by atoms with Gasteiger partial charge in [0.1, 0.15) is 6.54 Å². The third-order valence-electron chi connectivity index (χ3n) is 3.59. The maximum absolute atomic E-state index is 13.0. The quantitative estimate of drug-likeness (QED) is 0.906. The number of benzene rings is 2. The molecule has 0 bridgehead atoms. The van der Waals surface area contributed by atoms with Crippen molar-refractivity contribution in [2.24, 2.45) is 0 Å². The molecular formula is C18H17F3N2O2. The lowest BCUT2D eigenvalue weighted by Gasteiger charge is -2.23. The first-order chi connectivity index (χ1) is 11.7. The summed E-state index contributed by atoms with van der Waals surface area (Å²) in [5.41, 5.74) is 0.0392. The molecule has 0 aliphatic carbocycles. The van der Waals surface area contributed by atoms with Gasteiger partial charge in [0.25, 0.3) is 0 Å². The average molecular weight is 350 g/mol. The minimum absolute atomic E-state index is 0.340. The highest BCUT2D eigenvalue weighted by Gasteiger charge is 2.33. The molecule has 0 heterocycles. The van der Waals surface area contributed by atoms with Crippen LogP contribution in [0.3, 0.4) is 0 Å². The molecule has 2 aromatic rings. The Morgan fingerprint density at radius 3 is 2.24 bits per heavy atom. The van der Waals surface area contributed by atoms with E-state index >= 15 is 0 Å². The number of para-hydroxylation sites is 2. The van der Waals surface area contributed by atoms with Gasteiger partial charge in [-0.05, 0) is 30.7 Å². The Hall–Kier alpha value is -2.83. The predicted molar refractivity (Wildman–Crippen MR) is 89.3 cm³/mol. The summed E-state index contributed by atoms with van der Waals surface area (Å²) >= 11 is 0. The van der Waals surface area contributed by atoms with Gasteiger partial charge in [0.2, 0.25) is 11.8 Å². The number of rotatable bonds is 4. The van der Waals surface area contributed by atoms with Gasteiger partial charge in [-0.15, -0.1) is 0 Å². The summed E-state index contributed by atoms with van der Waals surface area (Å²) in [6, 6.07) is 11.7. The maximum atomic E-state index is 13.0. The fraction of sp³-hybridized carbons (Fsp3) is 0.222. The zero-order valence-electron chi connectivity index (χ0n) is 13.7. The third kappa shape index (κ3) is 4.59. The molecule has 0 saturated heterocycles. The number of hydrogen-bond acceptors (Lipinski definition) is 2. The summed E-state index contributed by atoms with van der Waals surface area (Å²) in [5.74, 6) is -1.09. The van der Waals surface area contributed by atoms with Crippen LogP contribution < -0.4 is 10.2 Å². The first-order valence-corrected chi connectivity index (χ1v) is 7.50. The fourth-order valence-electron chi connectivity index (χ4n) is 2.41. The first-order valence-electron chi connectivity index (χ1n) is 7.50. The predicted octanol–water partition coefficient (Wildman–Crippen LogP) is 4.01. The number of halogens is 3. The van der Waals surface area contributed by atoms with Crippen LogP contribution in [0, 0.1) is 6.92 Å². The molecule has 0 aliphatic rings. The molecule has 0 aromatic heterocycles. The maximum Gasteiger partial charge on any atom is 0.418 e. The molecule has 4 nitrogen and oxygen atoms in total. The van der Waals surface area contributed by atoms with Gasteiger partial charge in [0, 0.05) is 12.6 Å². The van der Waals surface area contributed by atoms with E-state index in [1.807, 2.05) is 0 Å². The van der Waals surface area contributed by atoms with E-state index in [0.717, 1.165) is 11.6 Å². The minimum Gasteiger partial charge on any atom is -0.324 e. The van der Waals surface area contributed by atoms with Crippen molar-refractivity contribution in [1.82, 2.24) is 0 Å². The number of anilines is 2. The monoisotopic (exact) mass is 350 g/mol. The van der Waals surface area contributed by atoms with Gasteiger partial charge in [-0.3, -0.25) is 9.59 Å². The summed E-state index contributed by atoms with van der Waals surface area (Å²) in [5, 5.41) is 2.24. The number of aryl methyl sites for hydroxylation is 1. The molecule has 2 rings (SSSR count). The Labute approximate surface area is 143 Å². The molecular weight excluding hydrogens is 333 g/mol. The lowest BCUT2D eigenvalue weighted by molar-refractivity contribution is -0.137. The van der Waals surface area contributed by atoms with Gasteiger partial charge in [-0.1, -0.05) is 30.3 Å². The molecule has 0 spiro atoms. The molecule has 1 N–H and O–H groups in total. The Morgan fingerprint density at radius 1 is 1.04 bits per heavy atom. The van der Waals surface area contributed by atoms with Crippen molar-refractivity contribution < 1.29 is 22.8 Å². The number of alkyl halides is 3. The van der Waals surface area contributed by atoms with Gasteiger partial charge < -0.3 is 10.2 Å². The van der Waals surface area contributed by atoms with E-state index in [4.69, 9.17) is 0 Å². The summed E-state index contributed by atoms with van der Waals surface area (Å²) in [4.78, 5) is 25.3. The van der Waals surface area contributed by atoms with Crippen molar-refractivity contribution in [2.75, 3.05) is 16.8 Å². The van der Waals surface area contributed by atoms with E-state index in [0.29, 0.717) is 5.69 Å². The highest BCUT2D eigenvalue weighted by molar-refractivity contribution is 6.02. The van der Waals surface area contributed by atoms with Crippen LogP contribution in [0.15, 0.2) is 48.5 Å². The lowest BCUT2D eigenvalue weighted by Crippen LogP contribution is -2.37. The number of hydrogen-bond donors (Lipinski definition) is 1. The van der Waals surface area contributed by atoms with Crippen LogP contribution >= 0.6 is 0 Å². The van der Waals surface area contributed by atoms with Crippen LogP contribution in [-0.2, 0) is 15.8 Å². The van der Waals surface area contributed by atoms with Crippen LogP contribution in [0.1, 0.15) is 18.1 Å². The van der Waals surface area contributed by atoms with Gasteiger partial charge in [-0.25, -0.2) is 0 Å². The lowest BCUT2D eigenvalue weighted by atomic mass is 10.1. The van der Waals surface area contributed by atoms with E-state index in [2.05, 4.69) is 5.32 Å². The van der Waals surface area contributed by atoms with Crippen molar-refractivity contribution >= 4 is 23.2 Å². The molecule has 0 saturated carbocycles. The number of nitrogens with zero attached hydrogens (tertiary/aromatic N) is 1. The molecule has 0 fully saturated rings. The fourth-order valence-corrected chi connectivity index (χ4v) is 2.41. The standard InChI is InChI=1S/C18H17F3N2O2/c1-12-7-3-6-10-16(12)23(13(2)24)11-17(25)22-15-9-5-4-8-14(15)18(19,20)21/h3-10H,11H2,1-2H3,(H,22,25). The van der Waals surface area contributed by atoms with Crippen molar-refractivity contribution in [3.05, 3.63) is 59.7 Å². The normalized spacial score (nSPS) is 11.1. The topological polar surface area (TPSA) is 49.4 Å². The Kier molecular flexibility index (Phi) is 5.46. The van der Waals surface area contributed by atoms with Crippen molar-refractivity contribution in [3.63, 3.8) is 0 Å². The van der Waals surface area contributed by atoms with Gasteiger partial charge in [0.15, 0.2) is 0 Å². The van der Waals surface area contributed by atoms with E-state index in [1.54, 1.807) is 31.2 Å². The number of amides is 2. The number of nitrogens with one attached hydrogen (secondary N) is 1. The highest BCUT2D eigenvalue weighted by Crippen LogP contribution is 2.34. The van der Waals surface area contributed by atoms with Crippen molar-refractivity contribution in [1.29, 1.82) is 0 Å². The van der Waals surface area contributed by atoms with Crippen LogP contribution in [-0.4, -0.2) is 18.4 Å². The molecule has 0 radical (unpaired) electrons. The summed E-state index contributed by atoms with van der Waals surface area (Å²) in [6.45, 7) is 2.69. The van der Waals surface area contributed by atoms with Gasteiger partial charge in [-0.2, -0.15) is 13.2 Å². The Morgan fingerprint density at radius 2 is 1.64 bits per heavy atom. The summed E-state index contributed by atoms with van der Waals surface area (Å²) in [7, 11) is 0. The highest BCUT2D eigenvalue weighted by atomic mass is 19.4. The molecule has 25 heavy (non-hydrogen) atoms. The molecule has 0 atom stereocenters. The van der Waals surface area contributed by atoms with Crippen molar-refractivity contribution in [3.8, 4) is 0 Å². The second kappa shape index (κ2) is 7.38. The molecule has 7 heteroatoms. The third-order valence-corrected chi connectivity index (χ3v) is 3.59. The largest absolute Gasteiger partial charge is 0.418 e. The first kappa shape index (κ1) is 18.5. The Balaban J connectivity index is 2.22. The summed E-state index contributed by atoms with van der Waals surface area (Å²) < 4.78 is 39.0. The zero-order valence-corrected chi connectivity index (χ0v) is 13.7. The van der Waals surface area contributed by atoms with Crippen LogP contribution in [0.2, 0.25) is 0 Å². The minimum atomic E-state index is -4.58. The molecule has 0 aliphatic heterocycles. The second-order valence-corrected chi connectivity index (χ2v) is 5.48. The second-order valence-electron chi connectivity index (χ2n) is 5.48. The average Bonchev–Trinajstić information content (AvgIpc) is 2.52. The molecule has 0 unspecified atom stereocenters. The van der Waals surface area contributed by atoms with E-state index in [1.165, 1.54) is 30.0 Å². The van der Waals surface area contributed by atoms with Gasteiger partial charge >= 0.3 is 6.18 Å². The molecule has 2 amide bonds. The van der Waals surface area contributed by atoms with Gasteiger partial charge in [0.05, 0.1) is 11.3 Å². The number of carbonyl (C=O) groups is 2. The molecule has 132 valence electrons. The van der Waals surface area contributed by atoms with E-state index < -0.39 is 17.6 Å². The van der Waals surface area contributed by atoms with Crippen LogP contribution in [0.4, 0.5) is 24.5 Å².